The van der Waals surface area contributed by atoms with Gasteiger partial charge in [0.1, 0.15) is 11.6 Å². The van der Waals surface area contributed by atoms with Gasteiger partial charge in [-0.2, -0.15) is 0 Å². The predicted octanol–water partition coefficient (Wildman–Crippen LogP) is 3.20. The van der Waals surface area contributed by atoms with Gasteiger partial charge >= 0.3 is 0 Å². The van der Waals surface area contributed by atoms with E-state index in [-0.39, 0.29) is 31.5 Å². The lowest BCUT2D eigenvalue weighted by atomic mass is 10.1. The van der Waals surface area contributed by atoms with Crippen LogP contribution in [0.1, 0.15) is 16.7 Å². The van der Waals surface area contributed by atoms with Crippen LogP contribution in [0.4, 0.5) is 4.39 Å². The van der Waals surface area contributed by atoms with Gasteiger partial charge in [-0.1, -0.05) is 23.7 Å². The molecule has 0 spiro atoms. The maximum Gasteiger partial charge on any atom is 0.224 e. The van der Waals surface area contributed by atoms with Crippen LogP contribution in [-0.4, -0.2) is 12.7 Å². The molecule has 1 N–H and O–H groups in total. The third-order valence-corrected chi connectivity index (χ3v) is 3.76. The summed E-state index contributed by atoms with van der Waals surface area (Å²) in [6.07, 6.45) is 0.235. The van der Waals surface area contributed by atoms with E-state index in [9.17, 15) is 9.18 Å². The standard InChI is InChI=1S/C17H15ClFNO3/c18-14-3-1-11(2-4-14)5-16(21)20-8-12-6-15(19)7-13-9-22-10-23-17(12)13/h1-4,6-7H,5,8-10H2,(H,20,21). The molecule has 0 saturated carbocycles. The second-order valence-corrected chi connectivity index (χ2v) is 5.68. The summed E-state index contributed by atoms with van der Waals surface area (Å²) in [5.41, 5.74) is 2.11. The SMILES string of the molecule is O=C(Cc1ccc(Cl)cc1)NCc1cc(F)cc2c1OCOC2. The summed E-state index contributed by atoms with van der Waals surface area (Å²) in [5, 5.41) is 3.40. The quantitative estimate of drug-likeness (QED) is 0.933. The first kappa shape index (κ1) is 15.8. The fraction of sp³-hybridized carbons (Fsp3) is 0.235. The van der Waals surface area contributed by atoms with Crippen molar-refractivity contribution in [3.8, 4) is 5.75 Å². The summed E-state index contributed by atoms with van der Waals surface area (Å²) in [6.45, 7) is 0.635. The van der Waals surface area contributed by atoms with Gasteiger partial charge in [-0.05, 0) is 29.8 Å². The Bertz CT molecular complexity index is 719. The smallest absolute Gasteiger partial charge is 0.224 e. The average molecular weight is 336 g/mol. The first-order chi connectivity index (χ1) is 11.1. The van der Waals surface area contributed by atoms with Crippen molar-refractivity contribution in [2.45, 2.75) is 19.6 Å². The second kappa shape index (κ2) is 6.98. The van der Waals surface area contributed by atoms with E-state index in [0.29, 0.717) is 28.5 Å². The molecule has 0 fully saturated rings. The van der Waals surface area contributed by atoms with Crippen molar-refractivity contribution in [3.63, 3.8) is 0 Å². The Balaban J connectivity index is 1.65. The summed E-state index contributed by atoms with van der Waals surface area (Å²) >= 11 is 5.81. The normalized spacial score (nSPS) is 13.1. The molecule has 1 aliphatic heterocycles. The van der Waals surface area contributed by atoms with Crippen molar-refractivity contribution in [1.82, 2.24) is 5.32 Å². The second-order valence-electron chi connectivity index (χ2n) is 5.24. The van der Waals surface area contributed by atoms with E-state index in [1.54, 1.807) is 24.3 Å². The van der Waals surface area contributed by atoms with E-state index in [0.717, 1.165) is 5.56 Å². The van der Waals surface area contributed by atoms with Crippen molar-refractivity contribution in [3.05, 3.63) is 63.9 Å². The minimum absolute atomic E-state index is 0.129. The molecular formula is C17H15ClFNO3. The van der Waals surface area contributed by atoms with Crippen LogP contribution < -0.4 is 10.1 Å². The van der Waals surface area contributed by atoms with E-state index < -0.39 is 0 Å². The van der Waals surface area contributed by atoms with Gasteiger partial charge in [0.25, 0.3) is 0 Å². The molecule has 0 unspecified atom stereocenters. The molecule has 3 rings (SSSR count). The highest BCUT2D eigenvalue weighted by Crippen LogP contribution is 2.29. The monoisotopic (exact) mass is 335 g/mol. The van der Waals surface area contributed by atoms with Gasteiger partial charge in [-0.25, -0.2) is 4.39 Å². The number of halogens is 2. The molecule has 6 heteroatoms. The van der Waals surface area contributed by atoms with Crippen LogP contribution in [0.15, 0.2) is 36.4 Å². The first-order valence-corrected chi connectivity index (χ1v) is 7.52. The highest BCUT2D eigenvalue weighted by atomic mass is 35.5. The molecule has 4 nitrogen and oxygen atoms in total. The highest BCUT2D eigenvalue weighted by molar-refractivity contribution is 6.30. The fourth-order valence-electron chi connectivity index (χ4n) is 2.43. The molecule has 2 aromatic rings. The van der Waals surface area contributed by atoms with Gasteiger partial charge < -0.3 is 14.8 Å². The third-order valence-electron chi connectivity index (χ3n) is 3.51. The summed E-state index contributed by atoms with van der Waals surface area (Å²) in [5.74, 6) is 0.0571. The van der Waals surface area contributed by atoms with Crippen LogP contribution in [0.2, 0.25) is 5.02 Å². The van der Waals surface area contributed by atoms with E-state index in [2.05, 4.69) is 5.32 Å². The lowest BCUT2D eigenvalue weighted by molar-refractivity contribution is -0.120. The number of amides is 1. The lowest BCUT2D eigenvalue weighted by Crippen LogP contribution is -2.25. The third kappa shape index (κ3) is 4.00. The largest absolute Gasteiger partial charge is 0.467 e. The zero-order chi connectivity index (χ0) is 16.2. The van der Waals surface area contributed by atoms with E-state index in [4.69, 9.17) is 21.1 Å². The number of benzene rings is 2. The van der Waals surface area contributed by atoms with Crippen LogP contribution >= 0.6 is 11.6 Å². The van der Waals surface area contributed by atoms with Gasteiger partial charge in [0.05, 0.1) is 13.0 Å². The number of rotatable bonds is 4. The Kier molecular flexibility index (Phi) is 4.79. The van der Waals surface area contributed by atoms with Crippen LogP contribution in [0, 0.1) is 5.82 Å². The molecule has 0 bridgehead atoms. The molecule has 0 saturated heterocycles. The number of ether oxygens (including phenoxy) is 2. The Morgan fingerprint density at radius 1 is 1.26 bits per heavy atom. The fourth-order valence-corrected chi connectivity index (χ4v) is 2.56. The summed E-state index contributed by atoms with van der Waals surface area (Å²) in [4.78, 5) is 12.0. The van der Waals surface area contributed by atoms with Gasteiger partial charge in [0.2, 0.25) is 5.91 Å². The minimum atomic E-state index is -0.375. The maximum absolute atomic E-state index is 13.6. The van der Waals surface area contributed by atoms with Crippen molar-refractivity contribution < 1.29 is 18.7 Å². The van der Waals surface area contributed by atoms with Gasteiger partial charge in [-0.15, -0.1) is 0 Å². The molecule has 0 aromatic heterocycles. The molecule has 120 valence electrons. The highest BCUT2D eigenvalue weighted by Gasteiger charge is 2.17. The van der Waals surface area contributed by atoms with E-state index in [1.165, 1.54) is 12.1 Å². The molecule has 0 atom stereocenters. The van der Waals surface area contributed by atoms with E-state index in [1.807, 2.05) is 0 Å². The number of hydrogen-bond acceptors (Lipinski definition) is 3. The number of fused-ring (bicyclic) bond motifs is 1. The van der Waals surface area contributed by atoms with E-state index >= 15 is 0 Å². The van der Waals surface area contributed by atoms with Crippen LogP contribution in [-0.2, 0) is 29.1 Å². The molecule has 0 aliphatic carbocycles. The van der Waals surface area contributed by atoms with Crippen molar-refractivity contribution in [2.75, 3.05) is 6.79 Å². The summed E-state index contributed by atoms with van der Waals surface area (Å²) in [6, 6.07) is 9.82. The molecule has 1 amide bonds. The Morgan fingerprint density at radius 2 is 2.04 bits per heavy atom. The zero-order valence-corrected chi connectivity index (χ0v) is 13.0. The van der Waals surface area contributed by atoms with Gasteiger partial charge in [0, 0.05) is 22.7 Å². The molecular weight excluding hydrogens is 321 g/mol. The van der Waals surface area contributed by atoms with Crippen LogP contribution in [0.3, 0.4) is 0 Å². The predicted molar refractivity (Wildman–Crippen MR) is 83.7 cm³/mol. The molecule has 1 aliphatic rings. The zero-order valence-electron chi connectivity index (χ0n) is 12.3. The average Bonchev–Trinajstić information content (AvgIpc) is 2.54. The topological polar surface area (TPSA) is 47.6 Å². The first-order valence-electron chi connectivity index (χ1n) is 7.15. The van der Waals surface area contributed by atoms with Crippen LogP contribution in [0.5, 0.6) is 5.75 Å². The number of carbonyl (C=O) groups excluding carboxylic acids is 1. The van der Waals surface area contributed by atoms with Gasteiger partial charge in [-0.3, -0.25) is 4.79 Å². The van der Waals surface area contributed by atoms with Crippen molar-refractivity contribution >= 4 is 17.5 Å². The van der Waals surface area contributed by atoms with Gasteiger partial charge in [0.15, 0.2) is 6.79 Å². The number of carbonyl (C=O) groups is 1. The lowest BCUT2D eigenvalue weighted by Gasteiger charge is -2.21. The number of hydrogen-bond donors (Lipinski definition) is 1. The summed E-state index contributed by atoms with van der Waals surface area (Å²) < 4.78 is 24.2. The molecule has 2 aromatic carbocycles. The molecule has 1 heterocycles. The Labute approximate surface area is 138 Å². The number of nitrogens with one attached hydrogen (secondary N) is 1. The Hall–Kier alpha value is -2.11. The molecule has 23 heavy (non-hydrogen) atoms. The van der Waals surface area contributed by atoms with Crippen molar-refractivity contribution in [1.29, 1.82) is 0 Å². The summed E-state index contributed by atoms with van der Waals surface area (Å²) in [7, 11) is 0. The van der Waals surface area contributed by atoms with Crippen molar-refractivity contribution in [2.24, 2.45) is 0 Å². The minimum Gasteiger partial charge on any atom is -0.467 e. The van der Waals surface area contributed by atoms with Crippen LogP contribution in [0.25, 0.3) is 0 Å². The Morgan fingerprint density at radius 3 is 2.83 bits per heavy atom. The maximum atomic E-state index is 13.6. The molecule has 0 radical (unpaired) electrons.